The van der Waals surface area contributed by atoms with Gasteiger partial charge in [-0.05, 0) is 55.6 Å². The number of hydrogen-bond donors (Lipinski definition) is 1. The number of halogens is 3. The molecule has 2 aromatic carbocycles. The fraction of sp³-hybridized carbons (Fsp3) is 0.478. The molecular weight excluding hydrogens is 412 g/mol. The van der Waals surface area contributed by atoms with Crippen LogP contribution in [0, 0.1) is 11.6 Å². The van der Waals surface area contributed by atoms with E-state index in [1.165, 1.54) is 12.1 Å². The van der Waals surface area contributed by atoms with E-state index in [9.17, 15) is 13.9 Å². The number of ether oxygens (including phenoxy) is 2. The van der Waals surface area contributed by atoms with Gasteiger partial charge in [-0.3, -0.25) is 0 Å². The SMILES string of the molecule is OC1(c2ccc(Cl)cc2)CCN(CCCC2(c3ccc(F)cc3F)OCCO2)CC1. The summed E-state index contributed by atoms with van der Waals surface area (Å²) in [5.74, 6) is -2.42. The molecule has 2 saturated heterocycles. The molecule has 4 rings (SSSR count). The maximum absolute atomic E-state index is 14.4. The zero-order chi connectivity index (χ0) is 21.2. The van der Waals surface area contributed by atoms with Gasteiger partial charge in [0.1, 0.15) is 11.6 Å². The first-order valence-corrected chi connectivity index (χ1v) is 10.7. The van der Waals surface area contributed by atoms with Crippen molar-refractivity contribution in [2.75, 3.05) is 32.8 Å². The van der Waals surface area contributed by atoms with Gasteiger partial charge >= 0.3 is 0 Å². The summed E-state index contributed by atoms with van der Waals surface area (Å²) in [5.41, 5.74) is 0.305. The van der Waals surface area contributed by atoms with Crippen molar-refractivity contribution in [2.24, 2.45) is 0 Å². The van der Waals surface area contributed by atoms with E-state index in [0.29, 0.717) is 37.5 Å². The zero-order valence-electron chi connectivity index (χ0n) is 16.8. The van der Waals surface area contributed by atoms with Gasteiger partial charge in [-0.25, -0.2) is 8.78 Å². The van der Waals surface area contributed by atoms with Crippen LogP contribution in [0.15, 0.2) is 42.5 Å². The first-order valence-electron chi connectivity index (χ1n) is 10.3. The van der Waals surface area contributed by atoms with Crippen LogP contribution in [0.5, 0.6) is 0 Å². The minimum absolute atomic E-state index is 0.247. The van der Waals surface area contributed by atoms with E-state index >= 15 is 0 Å². The number of nitrogens with zero attached hydrogens (tertiary/aromatic N) is 1. The topological polar surface area (TPSA) is 41.9 Å². The summed E-state index contributed by atoms with van der Waals surface area (Å²) in [4.78, 5) is 2.29. The van der Waals surface area contributed by atoms with Crippen LogP contribution in [-0.2, 0) is 20.9 Å². The van der Waals surface area contributed by atoms with Gasteiger partial charge in [-0.2, -0.15) is 0 Å². The monoisotopic (exact) mass is 437 g/mol. The van der Waals surface area contributed by atoms with Gasteiger partial charge in [0.05, 0.1) is 18.8 Å². The van der Waals surface area contributed by atoms with Crippen molar-refractivity contribution in [2.45, 2.75) is 37.1 Å². The Morgan fingerprint density at radius 1 is 1.00 bits per heavy atom. The predicted octanol–water partition coefficient (Wildman–Crippen LogP) is 4.58. The van der Waals surface area contributed by atoms with Gasteiger partial charge in [0, 0.05) is 36.2 Å². The number of benzene rings is 2. The van der Waals surface area contributed by atoms with E-state index in [1.807, 2.05) is 12.1 Å². The van der Waals surface area contributed by atoms with Crippen molar-refractivity contribution in [1.29, 1.82) is 0 Å². The van der Waals surface area contributed by atoms with E-state index in [4.69, 9.17) is 21.1 Å². The second-order valence-corrected chi connectivity index (χ2v) is 8.49. The van der Waals surface area contributed by atoms with Crippen LogP contribution in [0.25, 0.3) is 0 Å². The highest BCUT2D eigenvalue weighted by atomic mass is 35.5. The maximum atomic E-state index is 14.4. The lowest BCUT2D eigenvalue weighted by Gasteiger charge is -2.39. The van der Waals surface area contributed by atoms with Gasteiger partial charge in [0.25, 0.3) is 0 Å². The van der Waals surface area contributed by atoms with Crippen molar-refractivity contribution < 1.29 is 23.4 Å². The summed E-state index contributed by atoms with van der Waals surface area (Å²) in [5, 5.41) is 11.7. The molecule has 0 aromatic heterocycles. The summed E-state index contributed by atoms with van der Waals surface area (Å²) in [6.07, 6.45) is 2.49. The first-order chi connectivity index (χ1) is 14.4. The maximum Gasteiger partial charge on any atom is 0.197 e. The first kappa shape index (κ1) is 21.7. The summed E-state index contributed by atoms with van der Waals surface area (Å²) >= 11 is 5.95. The van der Waals surface area contributed by atoms with Crippen LogP contribution in [-0.4, -0.2) is 42.9 Å². The molecule has 4 nitrogen and oxygen atoms in total. The highest BCUT2D eigenvalue weighted by Crippen LogP contribution is 2.38. The normalized spacial score (nSPS) is 21.1. The van der Waals surface area contributed by atoms with Gasteiger partial charge in [0.2, 0.25) is 0 Å². The summed E-state index contributed by atoms with van der Waals surface area (Å²) in [6, 6.07) is 10.9. The minimum Gasteiger partial charge on any atom is -0.385 e. The van der Waals surface area contributed by atoms with Crippen molar-refractivity contribution in [3.63, 3.8) is 0 Å². The molecule has 0 bridgehead atoms. The Morgan fingerprint density at radius 2 is 1.67 bits per heavy atom. The van der Waals surface area contributed by atoms with Crippen molar-refractivity contribution in [3.05, 3.63) is 70.2 Å². The molecule has 0 spiro atoms. The molecule has 2 heterocycles. The molecule has 0 atom stereocenters. The largest absolute Gasteiger partial charge is 0.385 e. The third kappa shape index (κ3) is 4.53. The molecule has 0 radical (unpaired) electrons. The Balaban J connectivity index is 1.33. The lowest BCUT2D eigenvalue weighted by atomic mass is 9.84. The lowest BCUT2D eigenvalue weighted by molar-refractivity contribution is -0.174. The summed E-state index contributed by atoms with van der Waals surface area (Å²) in [7, 11) is 0. The second kappa shape index (κ2) is 8.89. The fourth-order valence-electron chi connectivity index (χ4n) is 4.42. The molecule has 2 aromatic rings. The number of piperidine rings is 1. The third-order valence-corrected chi connectivity index (χ3v) is 6.39. The average Bonchev–Trinajstić information content (AvgIpc) is 3.19. The summed E-state index contributed by atoms with van der Waals surface area (Å²) < 4.78 is 39.2. The number of likely N-dealkylation sites (tertiary alicyclic amines) is 1. The molecule has 30 heavy (non-hydrogen) atoms. The van der Waals surface area contributed by atoms with E-state index in [2.05, 4.69) is 4.90 Å². The van der Waals surface area contributed by atoms with E-state index in [-0.39, 0.29) is 5.56 Å². The number of rotatable bonds is 6. The Morgan fingerprint density at radius 3 is 2.30 bits per heavy atom. The molecule has 2 aliphatic rings. The third-order valence-electron chi connectivity index (χ3n) is 6.14. The Kier molecular flexibility index (Phi) is 6.42. The molecule has 1 N–H and O–H groups in total. The quantitative estimate of drug-likeness (QED) is 0.718. The Bertz CT molecular complexity index is 863. The standard InChI is InChI=1S/C23H26ClF2NO3/c24-18-4-2-17(3-5-18)22(28)9-12-27(13-10-22)11-1-8-23(29-14-15-30-23)20-7-6-19(25)16-21(20)26/h2-7,16,28H,1,8-15H2. The van der Waals surface area contributed by atoms with Crippen LogP contribution in [0.2, 0.25) is 5.02 Å². The van der Waals surface area contributed by atoms with Crippen molar-refractivity contribution in [3.8, 4) is 0 Å². The van der Waals surface area contributed by atoms with Crippen LogP contribution in [0.4, 0.5) is 8.78 Å². The Labute approximate surface area is 180 Å². The van der Waals surface area contributed by atoms with Crippen molar-refractivity contribution >= 4 is 11.6 Å². The van der Waals surface area contributed by atoms with Gasteiger partial charge in [-0.15, -0.1) is 0 Å². The molecule has 0 saturated carbocycles. The molecule has 2 aliphatic heterocycles. The van der Waals surface area contributed by atoms with Gasteiger partial charge in [0.15, 0.2) is 5.79 Å². The summed E-state index contributed by atoms with van der Waals surface area (Å²) in [6.45, 7) is 3.08. The van der Waals surface area contributed by atoms with Gasteiger partial charge < -0.3 is 19.5 Å². The molecule has 0 amide bonds. The molecule has 7 heteroatoms. The highest BCUT2D eigenvalue weighted by Gasteiger charge is 2.41. The van der Waals surface area contributed by atoms with Crippen molar-refractivity contribution in [1.82, 2.24) is 4.90 Å². The van der Waals surface area contributed by atoms with Crippen LogP contribution in [0.3, 0.4) is 0 Å². The zero-order valence-corrected chi connectivity index (χ0v) is 17.5. The smallest absolute Gasteiger partial charge is 0.197 e. The highest BCUT2D eigenvalue weighted by molar-refractivity contribution is 6.30. The lowest BCUT2D eigenvalue weighted by Crippen LogP contribution is -2.43. The number of hydrogen-bond acceptors (Lipinski definition) is 4. The van der Waals surface area contributed by atoms with Crippen LogP contribution < -0.4 is 0 Å². The molecule has 2 fully saturated rings. The van der Waals surface area contributed by atoms with Crippen LogP contribution >= 0.6 is 11.6 Å². The molecule has 0 unspecified atom stereocenters. The second-order valence-electron chi connectivity index (χ2n) is 8.06. The molecule has 162 valence electrons. The van der Waals surface area contributed by atoms with Crippen LogP contribution in [0.1, 0.15) is 36.8 Å². The fourth-order valence-corrected chi connectivity index (χ4v) is 4.54. The van der Waals surface area contributed by atoms with E-state index in [0.717, 1.165) is 37.7 Å². The van der Waals surface area contributed by atoms with E-state index < -0.39 is 23.0 Å². The molecular formula is C23H26ClF2NO3. The average molecular weight is 438 g/mol. The minimum atomic E-state index is -1.16. The van der Waals surface area contributed by atoms with E-state index in [1.54, 1.807) is 12.1 Å². The predicted molar refractivity (Wildman–Crippen MR) is 110 cm³/mol. The Hall–Kier alpha value is -1.57. The number of aliphatic hydroxyl groups is 1. The molecule has 0 aliphatic carbocycles. The van der Waals surface area contributed by atoms with Gasteiger partial charge in [-0.1, -0.05) is 23.7 Å².